The first-order valence-corrected chi connectivity index (χ1v) is 6.13. The number of rotatable bonds is 2. The molecule has 2 rings (SSSR count). The highest BCUT2D eigenvalue weighted by atomic mass is 79.9. The lowest BCUT2D eigenvalue weighted by atomic mass is 9.91. The number of aromatic carboxylic acids is 1. The van der Waals surface area contributed by atoms with Gasteiger partial charge in [0.2, 0.25) is 0 Å². The summed E-state index contributed by atoms with van der Waals surface area (Å²) in [5.74, 6) is -0.775. The van der Waals surface area contributed by atoms with Gasteiger partial charge in [-0.1, -0.05) is 0 Å². The Balaban J connectivity index is 2.30. The van der Waals surface area contributed by atoms with Crippen LogP contribution in [-0.4, -0.2) is 22.0 Å². The third kappa shape index (κ3) is 2.33. The van der Waals surface area contributed by atoms with Crippen molar-refractivity contribution in [2.45, 2.75) is 20.3 Å². The summed E-state index contributed by atoms with van der Waals surface area (Å²) in [4.78, 5) is 25.1. The van der Waals surface area contributed by atoms with Crippen LogP contribution < -0.4 is 0 Å². The van der Waals surface area contributed by atoms with Gasteiger partial charge in [-0.15, -0.1) is 0 Å². The summed E-state index contributed by atoms with van der Waals surface area (Å²) in [6, 6.07) is 1.47. The molecular weight excluding hydrogens is 302 g/mol. The number of carboxylic acid groups (broad SMARTS) is 1. The highest BCUT2D eigenvalue weighted by molar-refractivity contribution is 9.10. The minimum absolute atomic E-state index is 0.0808. The van der Waals surface area contributed by atoms with E-state index in [4.69, 9.17) is 9.84 Å². The Hall–Kier alpha value is -1.56. The van der Waals surface area contributed by atoms with Crippen LogP contribution in [0.25, 0.3) is 6.08 Å². The normalized spacial score (nSPS) is 20.2. The van der Waals surface area contributed by atoms with E-state index in [2.05, 4.69) is 20.9 Å². The predicted molar refractivity (Wildman–Crippen MR) is 67.9 cm³/mol. The molecule has 1 fully saturated rings. The smallest absolute Gasteiger partial charge is 0.352 e. The number of hydrogen-bond acceptors (Lipinski definition) is 3. The topological polar surface area (TPSA) is 79.4 Å². The van der Waals surface area contributed by atoms with Gasteiger partial charge in [-0.2, -0.15) is 0 Å². The van der Waals surface area contributed by atoms with Gasteiger partial charge in [-0.05, 0) is 35.8 Å². The number of aromatic nitrogens is 1. The van der Waals surface area contributed by atoms with Crippen molar-refractivity contribution >= 4 is 33.9 Å². The van der Waals surface area contributed by atoms with Gasteiger partial charge in [0, 0.05) is 17.0 Å². The maximum absolute atomic E-state index is 11.5. The molecule has 1 saturated heterocycles. The van der Waals surface area contributed by atoms with E-state index in [-0.39, 0.29) is 11.7 Å². The molecule has 1 aliphatic rings. The lowest BCUT2D eigenvalue weighted by molar-refractivity contribution is -0.142. The highest BCUT2D eigenvalue weighted by Gasteiger charge is 2.38. The Morgan fingerprint density at radius 1 is 1.61 bits per heavy atom. The number of H-pyrrole nitrogens is 1. The summed E-state index contributed by atoms with van der Waals surface area (Å²) >= 11 is 3.26. The van der Waals surface area contributed by atoms with Gasteiger partial charge < -0.3 is 14.8 Å². The molecule has 0 unspecified atom stereocenters. The van der Waals surface area contributed by atoms with Crippen molar-refractivity contribution in [3.63, 3.8) is 0 Å². The van der Waals surface area contributed by atoms with E-state index in [1.807, 2.05) is 13.8 Å². The number of allylic oxidation sites excluding steroid dienone is 1. The van der Waals surface area contributed by atoms with Gasteiger partial charge in [0.1, 0.15) is 11.5 Å². The zero-order chi connectivity index (χ0) is 13.5. The standard InChI is InChI=1S/C12H12BrNO4/c1-12(2)5-6(18-11(12)17)3-8-7(13)4-9(14-8)10(15)16/h3-4,14H,5H2,1-2H3,(H,15,16)/b6-3+. The van der Waals surface area contributed by atoms with Gasteiger partial charge in [0.25, 0.3) is 0 Å². The second-order valence-corrected chi connectivity index (χ2v) is 5.66. The molecule has 0 bridgehead atoms. The summed E-state index contributed by atoms with van der Waals surface area (Å²) in [5.41, 5.74) is 0.130. The van der Waals surface area contributed by atoms with Crippen molar-refractivity contribution < 1.29 is 19.4 Å². The molecule has 1 aromatic rings. The van der Waals surface area contributed by atoms with Crippen LogP contribution in [0.15, 0.2) is 16.3 Å². The van der Waals surface area contributed by atoms with Crippen LogP contribution in [0.1, 0.15) is 36.5 Å². The van der Waals surface area contributed by atoms with Crippen LogP contribution in [-0.2, 0) is 9.53 Å². The van der Waals surface area contributed by atoms with Crippen molar-refractivity contribution in [1.29, 1.82) is 0 Å². The van der Waals surface area contributed by atoms with E-state index >= 15 is 0 Å². The van der Waals surface area contributed by atoms with E-state index in [0.29, 0.717) is 22.3 Å². The number of esters is 1. The number of carbonyl (C=O) groups excluding carboxylic acids is 1. The predicted octanol–water partition coefficient (Wildman–Crippen LogP) is 2.79. The molecule has 96 valence electrons. The van der Waals surface area contributed by atoms with E-state index in [1.54, 1.807) is 6.08 Å². The molecular formula is C12H12BrNO4. The average molecular weight is 314 g/mol. The first-order chi connectivity index (χ1) is 8.29. The molecule has 2 heterocycles. The molecule has 1 aromatic heterocycles. The number of aromatic amines is 1. The van der Waals surface area contributed by atoms with Crippen molar-refractivity contribution in [3.8, 4) is 0 Å². The summed E-state index contributed by atoms with van der Waals surface area (Å²) < 4.78 is 5.76. The maximum Gasteiger partial charge on any atom is 0.352 e. The molecule has 18 heavy (non-hydrogen) atoms. The molecule has 0 atom stereocenters. The minimum Gasteiger partial charge on any atom is -0.477 e. The van der Waals surface area contributed by atoms with Crippen LogP contribution in [0.2, 0.25) is 0 Å². The molecule has 0 aliphatic carbocycles. The zero-order valence-corrected chi connectivity index (χ0v) is 11.5. The molecule has 5 nitrogen and oxygen atoms in total. The van der Waals surface area contributed by atoms with E-state index < -0.39 is 11.4 Å². The second-order valence-electron chi connectivity index (χ2n) is 4.81. The Morgan fingerprint density at radius 3 is 2.72 bits per heavy atom. The number of nitrogens with one attached hydrogen (secondary N) is 1. The van der Waals surface area contributed by atoms with Crippen LogP contribution in [0, 0.1) is 5.41 Å². The summed E-state index contributed by atoms with van der Waals surface area (Å²) in [5, 5.41) is 8.85. The largest absolute Gasteiger partial charge is 0.477 e. The number of cyclic esters (lactones) is 1. The fourth-order valence-corrected chi connectivity index (χ4v) is 2.15. The number of carbonyl (C=O) groups is 2. The molecule has 0 aromatic carbocycles. The number of ether oxygens (including phenoxy) is 1. The molecule has 0 amide bonds. The Labute approximate surface area is 112 Å². The van der Waals surface area contributed by atoms with Crippen molar-refractivity contribution in [2.24, 2.45) is 5.41 Å². The lowest BCUT2D eigenvalue weighted by Gasteiger charge is -2.07. The quantitative estimate of drug-likeness (QED) is 0.823. The third-order valence-electron chi connectivity index (χ3n) is 2.73. The van der Waals surface area contributed by atoms with Crippen LogP contribution >= 0.6 is 15.9 Å². The van der Waals surface area contributed by atoms with Gasteiger partial charge in [-0.3, -0.25) is 4.79 Å². The first-order valence-electron chi connectivity index (χ1n) is 5.34. The third-order valence-corrected chi connectivity index (χ3v) is 3.38. The first kappa shape index (κ1) is 12.9. The molecule has 0 radical (unpaired) electrons. The molecule has 1 aliphatic heterocycles. The van der Waals surface area contributed by atoms with E-state index in [9.17, 15) is 9.59 Å². The molecule has 2 N–H and O–H groups in total. The van der Waals surface area contributed by atoms with Gasteiger partial charge >= 0.3 is 11.9 Å². The number of carboxylic acids is 1. The zero-order valence-electron chi connectivity index (χ0n) is 9.91. The van der Waals surface area contributed by atoms with Gasteiger partial charge in [-0.25, -0.2) is 4.79 Å². The van der Waals surface area contributed by atoms with Crippen molar-refractivity contribution in [2.75, 3.05) is 0 Å². The monoisotopic (exact) mass is 313 g/mol. The molecule has 0 saturated carbocycles. The van der Waals surface area contributed by atoms with Gasteiger partial charge in [0.15, 0.2) is 0 Å². The highest BCUT2D eigenvalue weighted by Crippen LogP contribution is 2.36. The summed E-state index contributed by atoms with van der Waals surface area (Å²) in [6.45, 7) is 3.62. The SMILES string of the molecule is CC1(C)C/C(=C\c2[nH]c(C(=O)O)cc2Br)OC1=O. The van der Waals surface area contributed by atoms with Crippen LogP contribution in [0.3, 0.4) is 0 Å². The Bertz CT molecular complexity index is 556. The minimum atomic E-state index is -1.04. The number of hydrogen-bond donors (Lipinski definition) is 2. The average Bonchev–Trinajstić information content (AvgIpc) is 2.70. The lowest BCUT2D eigenvalue weighted by Crippen LogP contribution is -2.16. The van der Waals surface area contributed by atoms with Gasteiger partial charge in [0.05, 0.1) is 11.1 Å². The Kier molecular flexibility index (Phi) is 3.06. The van der Waals surface area contributed by atoms with Crippen molar-refractivity contribution in [1.82, 2.24) is 4.98 Å². The second kappa shape index (κ2) is 4.28. The van der Waals surface area contributed by atoms with E-state index in [0.717, 1.165) is 0 Å². The molecule has 0 spiro atoms. The van der Waals surface area contributed by atoms with Crippen LogP contribution in [0.5, 0.6) is 0 Å². The molecule has 6 heteroatoms. The van der Waals surface area contributed by atoms with Crippen molar-refractivity contribution in [3.05, 3.63) is 27.7 Å². The number of halogens is 1. The fraction of sp³-hybridized carbons (Fsp3) is 0.333. The van der Waals surface area contributed by atoms with Crippen LogP contribution in [0.4, 0.5) is 0 Å². The maximum atomic E-state index is 11.5. The fourth-order valence-electron chi connectivity index (χ4n) is 1.71. The Morgan fingerprint density at radius 2 is 2.28 bits per heavy atom. The summed E-state index contributed by atoms with van der Waals surface area (Å²) in [6.07, 6.45) is 2.14. The summed E-state index contributed by atoms with van der Waals surface area (Å²) in [7, 11) is 0. The van der Waals surface area contributed by atoms with E-state index in [1.165, 1.54) is 6.07 Å².